The Morgan fingerprint density at radius 3 is 2.47 bits per heavy atom. The van der Waals surface area contributed by atoms with Crippen molar-refractivity contribution >= 4 is 12.4 Å². The van der Waals surface area contributed by atoms with Crippen LogP contribution in [0.2, 0.25) is 0 Å². The van der Waals surface area contributed by atoms with Crippen LogP contribution in [0.5, 0.6) is 5.75 Å². The van der Waals surface area contributed by atoms with Crippen molar-refractivity contribution in [3.8, 4) is 5.75 Å². The van der Waals surface area contributed by atoms with Gasteiger partial charge in [0.15, 0.2) is 0 Å². The van der Waals surface area contributed by atoms with Gasteiger partial charge in [-0.25, -0.2) is 0 Å². The lowest BCUT2D eigenvalue weighted by molar-refractivity contribution is -0.0293. The van der Waals surface area contributed by atoms with E-state index in [0.29, 0.717) is 6.42 Å². The third kappa shape index (κ3) is 4.37. The minimum Gasteiger partial charge on any atom is -0.497 e. The standard InChI is InChI=1S/C15H25NO2.ClH/c1-6-15(17,12(2)11-16(3)4)13-8-7-9-14(10-13)18-5;/h7-10,12,17H,6,11H2,1-5H3;1H/t12-,15+;/m0./s1. The Kier molecular flexibility index (Phi) is 7.42. The lowest BCUT2D eigenvalue weighted by atomic mass is 9.80. The van der Waals surface area contributed by atoms with Crippen LogP contribution in [0.15, 0.2) is 24.3 Å². The van der Waals surface area contributed by atoms with E-state index in [0.717, 1.165) is 17.9 Å². The van der Waals surface area contributed by atoms with Gasteiger partial charge in [0.05, 0.1) is 12.7 Å². The molecule has 1 aromatic carbocycles. The van der Waals surface area contributed by atoms with Gasteiger partial charge in [-0.15, -0.1) is 12.4 Å². The maximum atomic E-state index is 10.9. The van der Waals surface area contributed by atoms with Crippen molar-refractivity contribution in [2.24, 2.45) is 5.92 Å². The van der Waals surface area contributed by atoms with Gasteiger partial charge < -0.3 is 14.7 Å². The van der Waals surface area contributed by atoms with Gasteiger partial charge >= 0.3 is 0 Å². The molecule has 1 N–H and O–H groups in total. The maximum absolute atomic E-state index is 10.9. The summed E-state index contributed by atoms with van der Waals surface area (Å²) in [5.41, 5.74) is 0.123. The Bertz CT molecular complexity index is 384. The highest BCUT2D eigenvalue weighted by molar-refractivity contribution is 5.85. The van der Waals surface area contributed by atoms with Crippen molar-refractivity contribution in [2.75, 3.05) is 27.7 Å². The van der Waals surface area contributed by atoms with Crippen LogP contribution in [0.25, 0.3) is 0 Å². The predicted molar refractivity (Wildman–Crippen MR) is 82.1 cm³/mol. The number of methoxy groups -OCH3 is 1. The fourth-order valence-electron chi connectivity index (χ4n) is 2.43. The SMILES string of the molecule is CC[C@](O)(c1cccc(OC)c1)[C@@H](C)CN(C)C.Cl. The fraction of sp³-hybridized carbons (Fsp3) is 0.600. The molecule has 3 nitrogen and oxygen atoms in total. The number of rotatable bonds is 6. The minimum absolute atomic E-state index is 0. The van der Waals surface area contributed by atoms with Crippen molar-refractivity contribution in [3.63, 3.8) is 0 Å². The Morgan fingerprint density at radius 2 is 2.00 bits per heavy atom. The van der Waals surface area contributed by atoms with Crippen LogP contribution in [-0.2, 0) is 5.60 Å². The molecule has 1 rings (SSSR count). The summed E-state index contributed by atoms with van der Waals surface area (Å²) in [7, 11) is 5.70. The van der Waals surface area contributed by atoms with Crippen molar-refractivity contribution < 1.29 is 9.84 Å². The van der Waals surface area contributed by atoms with Gasteiger partial charge in [0.25, 0.3) is 0 Å². The molecule has 0 spiro atoms. The molecule has 2 atom stereocenters. The van der Waals surface area contributed by atoms with Crippen LogP contribution >= 0.6 is 12.4 Å². The zero-order valence-corrected chi connectivity index (χ0v) is 13.3. The third-order valence-corrected chi connectivity index (χ3v) is 3.56. The normalized spacial score (nSPS) is 15.5. The van der Waals surface area contributed by atoms with Crippen LogP contribution in [0.4, 0.5) is 0 Å². The summed E-state index contributed by atoms with van der Waals surface area (Å²) < 4.78 is 5.23. The molecule has 110 valence electrons. The van der Waals surface area contributed by atoms with E-state index >= 15 is 0 Å². The van der Waals surface area contributed by atoms with Gasteiger partial charge in [0.1, 0.15) is 5.75 Å². The van der Waals surface area contributed by atoms with E-state index in [1.54, 1.807) is 7.11 Å². The highest BCUT2D eigenvalue weighted by Crippen LogP contribution is 2.34. The second kappa shape index (κ2) is 7.73. The predicted octanol–water partition coefficient (Wildman–Crippen LogP) is 2.91. The molecular weight excluding hydrogens is 262 g/mol. The summed E-state index contributed by atoms with van der Waals surface area (Å²) in [4.78, 5) is 2.10. The molecule has 19 heavy (non-hydrogen) atoms. The molecule has 0 unspecified atom stereocenters. The van der Waals surface area contributed by atoms with E-state index in [4.69, 9.17) is 4.74 Å². The molecular formula is C15H26ClNO2. The van der Waals surface area contributed by atoms with E-state index in [-0.39, 0.29) is 18.3 Å². The molecule has 0 amide bonds. The summed E-state index contributed by atoms with van der Waals surface area (Å²) in [6.45, 7) is 4.95. The minimum atomic E-state index is -0.807. The van der Waals surface area contributed by atoms with Gasteiger partial charge in [-0.2, -0.15) is 0 Å². The lowest BCUT2D eigenvalue weighted by Crippen LogP contribution is -2.38. The van der Waals surface area contributed by atoms with E-state index in [9.17, 15) is 5.11 Å². The summed E-state index contributed by atoms with van der Waals surface area (Å²) in [5.74, 6) is 0.945. The molecule has 0 aliphatic rings. The number of aliphatic hydroxyl groups is 1. The van der Waals surface area contributed by atoms with Crippen molar-refractivity contribution in [3.05, 3.63) is 29.8 Å². The van der Waals surface area contributed by atoms with Gasteiger partial charge in [-0.1, -0.05) is 26.0 Å². The van der Waals surface area contributed by atoms with Crippen molar-refractivity contribution in [1.29, 1.82) is 0 Å². The smallest absolute Gasteiger partial charge is 0.119 e. The molecule has 0 radical (unpaired) electrons. The molecule has 0 aromatic heterocycles. The Morgan fingerprint density at radius 1 is 1.37 bits per heavy atom. The largest absolute Gasteiger partial charge is 0.497 e. The van der Waals surface area contributed by atoms with Crippen LogP contribution in [0.3, 0.4) is 0 Å². The first-order chi connectivity index (χ1) is 8.43. The first-order valence-corrected chi connectivity index (χ1v) is 6.45. The van der Waals surface area contributed by atoms with E-state index in [2.05, 4.69) is 11.8 Å². The quantitative estimate of drug-likeness (QED) is 0.873. The molecule has 1 aromatic rings. The number of benzene rings is 1. The topological polar surface area (TPSA) is 32.7 Å². The number of ether oxygens (including phenoxy) is 1. The molecule has 0 saturated heterocycles. The monoisotopic (exact) mass is 287 g/mol. The van der Waals surface area contributed by atoms with E-state index in [1.807, 2.05) is 45.3 Å². The molecule has 0 fully saturated rings. The molecule has 0 saturated carbocycles. The Balaban J connectivity index is 0.00000324. The highest BCUT2D eigenvalue weighted by Gasteiger charge is 2.34. The van der Waals surface area contributed by atoms with E-state index in [1.165, 1.54) is 0 Å². The van der Waals surface area contributed by atoms with Crippen LogP contribution in [0.1, 0.15) is 25.8 Å². The van der Waals surface area contributed by atoms with Gasteiger partial charge in [-0.05, 0) is 38.2 Å². The van der Waals surface area contributed by atoms with Crippen LogP contribution < -0.4 is 4.74 Å². The maximum Gasteiger partial charge on any atom is 0.119 e. The third-order valence-electron chi connectivity index (χ3n) is 3.56. The molecule has 0 aliphatic heterocycles. The van der Waals surface area contributed by atoms with Gasteiger partial charge in [0, 0.05) is 12.5 Å². The zero-order valence-electron chi connectivity index (χ0n) is 12.5. The second-order valence-electron chi connectivity index (χ2n) is 5.17. The summed E-state index contributed by atoms with van der Waals surface area (Å²) >= 11 is 0. The Hall–Kier alpha value is -0.770. The van der Waals surface area contributed by atoms with E-state index < -0.39 is 5.60 Å². The number of halogens is 1. The average Bonchev–Trinajstić information content (AvgIpc) is 2.37. The number of nitrogens with zero attached hydrogens (tertiary/aromatic N) is 1. The van der Waals surface area contributed by atoms with Gasteiger partial charge in [-0.3, -0.25) is 0 Å². The molecule has 4 heteroatoms. The van der Waals surface area contributed by atoms with Gasteiger partial charge in [0.2, 0.25) is 0 Å². The molecule has 0 heterocycles. The lowest BCUT2D eigenvalue weighted by Gasteiger charge is -2.35. The first-order valence-electron chi connectivity index (χ1n) is 6.45. The first kappa shape index (κ1) is 18.2. The summed E-state index contributed by atoms with van der Waals surface area (Å²) in [6, 6.07) is 7.72. The number of hydrogen-bond donors (Lipinski definition) is 1. The van der Waals surface area contributed by atoms with Crippen LogP contribution in [0, 0.1) is 5.92 Å². The summed E-state index contributed by atoms with van der Waals surface area (Å²) in [6.07, 6.45) is 0.690. The fourth-order valence-corrected chi connectivity index (χ4v) is 2.43. The van der Waals surface area contributed by atoms with Crippen molar-refractivity contribution in [2.45, 2.75) is 25.9 Å². The second-order valence-corrected chi connectivity index (χ2v) is 5.17. The summed E-state index contributed by atoms with van der Waals surface area (Å²) in [5, 5.41) is 10.9. The zero-order chi connectivity index (χ0) is 13.8. The average molecular weight is 288 g/mol. The molecule has 0 aliphatic carbocycles. The number of hydrogen-bond acceptors (Lipinski definition) is 3. The Labute approximate surface area is 123 Å². The van der Waals surface area contributed by atoms with Crippen molar-refractivity contribution in [1.82, 2.24) is 4.90 Å². The molecule has 0 bridgehead atoms. The highest BCUT2D eigenvalue weighted by atomic mass is 35.5. The van der Waals surface area contributed by atoms with Crippen LogP contribution in [-0.4, -0.2) is 37.8 Å².